The van der Waals surface area contributed by atoms with E-state index in [0.717, 1.165) is 0 Å². The van der Waals surface area contributed by atoms with Gasteiger partial charge in [-0.1, -0.05) is 11.6 Å². The topological polar surface area (TPSA) is 75.8 Å². The summed E-state index contributed by atoms with van der Waals surface area (Å²) in [6.07, 6.45) is 0. The molecule has 1 aromatic carbocycles. The minimum Gasteiger partial charge on any atom is -0.398 e. The van der Waals surface area contributed by atoms with Gasteiger partial charge in [0.05, 0.1) is 22.0 Å². The van der Waals surface area contributed by atoms with Gasteiger partial charge >= 0.3 is 0 Å². The summed E-state index contributed by atoms with van der Waals surface area (Å²) in [6.45, 7) is 0. The van der Waals surface area contributed by atoms with Gasteiger partial charge in [0.1, 0.15) is 6.07 Å². The molecule has 0 saturated heterocycles. The Hall–Kier alpha value is -1.40. The highest BCUT2D eigenvalue weighted by molar-refractivity contribution is 6.33. The van der Waals surface area contributed by atoms with Crippen molar-refractivity contribution >= 4 is 23.0 Å². The zero-order valence-electron chi connectivity index (χ0n) is 5.63. The van der Waals surface area contributed by atoms with E-state index in [1.54, 1.807) is 0 Å². The number of rotatable bonds is 0. The first-order valence-electron chi connectivity index (χ1n) is 2.89. The van der Waals surface area contributed by atoms with Gasteiger partial charge in [0.25, 0.3) is 0 Å². The van der Waals surface area contributed by atoms with Gasteiger partial charge < -0.3 is 11.5 Å². The summed E-state index contributed by atoms with van der Waals surface area (Å²) in [5, 5.41) is 8.88. The predicted molar refractivity (Wildman–Crippen MR) is 45.0 cm³/mol. The van der Waals surface area contributed by atoms with Crippen molar-refractivity contribution in [2.24, 2.45) is 0 Å². The summed E-state index contributed by atoms with van der Waals surface area (Å²) >= 11 is 5.63. The molecular weight excluding hydrogens is 162 g/mol. The summed E-state index contributed by atoms with van der Waals surface area (Å²) in [7, 11) is 0. The minimum atomic E-state index is 0.353. The van der Waals surface area contributed by atoms with E-state index in [1.165, 1.54) is 12.1 Å². The van der Waals surface area contributed by atoms with E-state index in [9.17, 15) is 0 Å². The summed E-state index contributed by atoms with van der Waals surface area (Å²) in [6, 6.07) is 4.82. The lowest BCUT2D eigenvalue weighted by molar-refractivity contribution is 1.48. The van der Waals surface area contributed by atoms with Crippen molar-refractivity contribution in [3.8, 4) is 6.07 Å². The number of anilines is 2. The molecule has 56 valence electrons. The van der Waals surface area contributed by atoms with Crippen molar-refractivity contribution in [1.82, 2.24) is 0 Å². The lowest BCUT2D eigenvalue weighted by Gasteiger charge is -2.00. The average Bonchev–Trinajstić information content (AvgIpc) is 1.97. The molecule has 1 aromatic rings. The number of nitrogens with two attached hydrogens (primary N) is 2. The Morgan fingerprint density at radius 1 is 1.27 bits per heavy atom. The SMILES string of the molecule is N#Cc1cc(N)c(Cl)cc1N. The maximum Gasteiger partial charge on any atom is 0.101 e. The van der Waals surface area contributed by atoms with Crippen LogP contribution in [-0.2, 0) is 0 Å². The zero-order valence-corrected chi connectivity index (χ0v) is 6.39. The Morgan fingerprint density at radius 2 is 1.91 bits per heavy atom. The van der Waals surface area contributed by atoms with Crippen molar-refractivity contribution in [3.63, 3.8) is 0 Å². The standard InChI is InChI=1S/C7H6ClN3/c8-5-2-6(10)4(3-9)1-7(5)11/h1-2H,10-11H2. The second-order valence-electron chi connectivity index (χ2n) is 2.07. The normalized spacial score (nSPS) is 9.09. The molecule has 0 amide bonds. The fraction of sp³-hybridized carbons (Fsp3) is 0. The van der Waals surface area contributed by atoms with Crippen LogP contribution in [0.2, 0.25) is 5.02 Å². The fourth-order valence-corrected chi connectivity index (χ4v) is 0.874. The number of hydrogen-bond acceptors (Lipinski definition) is 3. The van der Waals surface area contributed by atoms with Gasteiger partial charge in [-0.15, -0.1) is 0 Å². The van der Waals surface area contributed by atoms with Gasteiger partial charge in [0.15, 0.2) is 0 Å². The summed E-state index contributed by atoms with van der Waals surface area (Å²) in [5.41, 5.74) is 11.9. The molecular formula is C7H6ClN3. The molecule has 1 rings (SSSR count). The molecule has 0 radical (unpaired) electrons. The molecule has 3 nitrogen and oxygen atoms in total. The molecule has 0 aliphatic rings. The molecule has 4 heteroatoms. The summed E-state index contributed by atoms with van der Waals surface area (Å²) < 4.78 is 0. The largest absolute Gasteiger partial charge is 0.398 e. The van der Waals surface area contributed by atoms with E-state index in [0.29, 0.717) is 22.0 Å². The van der Waals surface area contributed by atoms with E-state index >= 15 is 0 Å². The van der Waals surface area contributed by atoms with Crippen molar-refractivity contribution in [3.05, 3.63) is 22.7 Å². The van der Waals surface area contributed by atoms with Crippen LogP contribution in [0.1, 0.15) is 5.56 Å². The molecule has 0 atom stereocenters. The number of benzene rings is 1. The molecule has 0 saturated carbocycles. The second-order valence-corrected chi connectivity index (χ2v) is 2.48. The minimum absolute atomic E-state index is 0.353. The highest BCUT2D eigenvalue weighted by atomic mass is 35.5. The Balaban J connectivity index is 3.35. The van der Waals surface area contributed by atoms with Gasteiger partial charge in [0.2, 0.25) is 0 Å². The molecule has 0 unspecified atom stereocenters. The van der Waals surface area contributed by atoms with Crippen LogP contribution in [0.15, 0.2) is 12.1 Å². The van der Waals surface area contributed by atoms with Crippen LogP contribution < -0.4 is 11.5 Å². The molecule has 0 spiro atoms. The Morgan fingerprint density at radius 3 is 2.45 bits per heavy atom. The molecule has 0 fully saturated rings. The van der Waals surface area contributed by atoms with Gasteiger partial charge in [0, 0.05) is 0 Å². The first-order chi connectivity index (χ1) is 5.15. The number of nitrogen functional groups attached to an aromatic ring is 2. The van der Waals surface area contributed by atoms with Crippen LogP contribution in [0.3, 0.4) is 0 Å². The lowest BCUT2D eigenvalue weighted by Crippen LogP contribution is -1.94. The lowest BCUT2D eigenvalue weighted by atomic mass is 10.2. The number of nitrogens with zero attached hydrogens (tertiary/aromatic N) is 1. The van der Waals surface area contributed by atoms with Gasteiger partial charge in [-0.25, -0.2) is 0 Å². The molecule has 0 bridgehead atoms. The van der Waals surface area contributed by atoms with Crippen molar-refractivity contribution in [2.45, 2.75) is 0 Å². The van der Waals surface area contributed by atoms with Crippen LogP contribution in [0, 0.1) is 11.3 Å². The van der Waals surface area contributed by atoms with E-state index in [-0.39, 0.29) is 0 Å². The smallest absolute Gasteiger partial charge is 0.101 e. The molecule has 0 aromatic heterocycles. The maximum atomic E-state index is 8.51. The highest BCUT2D eigenvalue weighted by Crippen LogP contribution is 2.24. The molecule has 4 N–H and O–H groups in total. The van der Waals surface area contributed by atoms with Crippen molar-refractivity contribution < 1.29 is 0 Å². The number of hydrogen-bond donors (Lipinski definition) is 2. The third-order valence-corrected chi connectivity index (χ3v) is 1.62. The van der Waals surface area contributed by atoms with Gasteiger partial charge in [-0.2, -0.15) is 5.26 Å². The first-order valence-corrected chi connectivity index (χ1v) is 3.27. The maximum absolute atomic E-state index is 8.51. The average molecular weight is 168 g/mol. The molecule has 0 aliphatic carbocycles. The van der Waals surface area contributed by atoms with Crippen LogP contribution in [0.5, 0.6) is 0 Å². The second kappa shape index (κ2) is 2.69. The summed E-state index contributed by atoms with van der Waals surface area (Å²) in [5.74, 6) is 0. The Kier molecular flexibility index (Phi) is 1.88. The molecule has 11 heavy (non-hydrogen) atoms. The monoisotopic (exact) mass is 167 g/mol. The van der Waals surface area contributed by atoms with E-state index in [2.05, 4.69) is 0 Å². The van der Waals surface area contributed by atoms with Gasteiger partial charge in [-0.3, -0.25) is 0 Å². The van der Waals surface area contributed by atoms with E-state index < -0.39 is 0 Å². The van der Waals surface area contributed by atoms with Crippen molar-refractivity contribution in [1.29, 1.82) is 5.26 Å². The van der Waals surface area contributed by atoms with E-state index in [4.69, 9.17) is 28.3 Å². The van der Waals surface area contributed by atoms with Crippen LogP contribution in [0.4, 0.5) is 11.4 Å². The quantitative estimate of drug-likeness (QED) is 0.573. The molecule has 0 aliphatic heterocycles. The van der Waals surface area contributed by atoms with E-state index in [1.807, 2.05) is 6.07 Å². The fourth-order valence-electron chi connectivity index (χ4n) is 0.702. The van der Waals surface area contributed by atoms with Gasteiger partial charge in [-0.05, 0) is 12.1 Å². The Labute approximate surface area is 69.2 Å². The number of nitriles is 1. The third-order valence-electron chi connectivity index (χ3n) is 1.29. The summed E-state index contributed by atoms with van der Waals surface area (Å²) in [4.78, 5) is 0. The number of halogens is 1. The zero-order chi connectivity index (χ0) is 8.43. The van der Waals surface area contributed by atoms with Crippen LogP contribution in [0.25, 0.3) is 0 Å². The van der Waals surface area contributed by atoms with Crippen LogP contribution in [-0.4, -0.2) is 0 Å². The van der Waals surface area contributed by atoms with Crippen molar-refractivity contribution in [2.75, 3.05) is 11.5 Å². The Bertz CT molecular complexity index is 327. The third kappa shape index (κ3) is 1.36. The predicted octanol–water partition coefficient (Wildman–Crippen LogP) is 1.38. The molecule has 0 heterocycles. The highest BCUT2D eigenvalue weighted by Gasteiger charge is 2.02. The van der Waals surface area contributed by atoms with Crippen LogP contribution >= 0.6 is 11.6 Å². The first kappa shape index (κ1) is 7.70.